The Balaban J connectivity index is 1.71. The molecule has 1 heterocycles. The largest absolute Gasteiger partial charge is 0.336 e. The van der Waals surface area contributed by atoms with E-state index in [0.29, 0.717) is 24.2 Å². The van der Waals surface area contributed by atoms with Gasteiger partial charge in [-0.3, -0.25) is 9.59 Å². The van der Waals surface area contributed by atoms with Crippen LogP contribution in [-0.2, 0) is 6.54 Å². The lowest BCUT2D eigenvalue weighted by molar-refractivity contribution is 0.0643. The number of carbonyl (C=O) groups is 2. The standard InChI is InChI=1S/C23H29N3O2/c1-3-24-13-15-26(16-14-24)23(28)21-12-8-11-20(17-21)22(27)25(4-2)18-19-9-6-5-7-10-19/h5-12,17H,3-4,13-16,18H2,1-2H3. The van der Waals surface area contributed by atoms with Gasteiger partial charge in [0.15, 0.2) is 0 Å². The molecule has 148 valence electrons. The van der Waals surface area contributed by atoms with E-state index in [-0.39, 0.29) is 11.8 Å². The van der Waals surface area contributed by atoms with E-state index in [4.69, 9.17) is 0 Å². The molecule has 2 aromatic carbocycles. The predicted octanol–water partition coefficient (Wildman–Crippen LogP) is 3.13. The van der Waals surface area contributed by atoms with Gasteiger partial charge in [0.2, 0.25) is 0 Å². The van der Waals surface area contributed by atoms with Crippen molar-refractivity contribution in [3.63, 3.8) is 0 Å². The van der Waals surface area contributed by atoms with Crippen molar-refractivity contribution in [3.8, 4) is 0 Å². The molecule has 1 fully saturated rings. The third kappa shape index (κ3) is 4.78. The van der Waals surface area contributed by atoms with Crippen LogP contribution in [0.2, 0.25) is 0 Å². The number of hydrogen-bond acceptors (Lipinski definition) is 3. The van der Waals surface area contributed by atoms with Gasteiger partial charge >= 0.3 is 0 Å². The minimum atomic E-state index is -0.0446. The number of nitrogens with zero attached hydrogens (tertiary/aromatic N) is 3. The molecule has 0 spiro atoms. The molecule has 1 aliphatic rings. The van der Waals surface area contributed by atoms with Crippen molar-refractivity contribution in [1.29, 1.82) is 0 Å². The van der Waals surface area contributed by atoms with Crippen LogP contribution in [0.3, 0.4) is 0 Å². The summed E-state index contributed by atoms with van der Waals surface area (Å²) >= 11 is 0. The van der Waals surface area contributed by atoms with Crippen LogP contribution in [0.1, 0.15) is 40.1 Å². The van der Waals surface area contributed by atoms with Gasteiger partial charge in [-0.15, -0.1) is 0 Å². The van der Waals surface area contributed by atoms with E-state index >= 15 is 0 Å². The van der Waals surface area contributed by atoms with Gasteiger partial charge in [0, 0.05) is 50.4 Å². The molecule has 28 heavy (non-hydrogen) atoms. The zero-order valence-electron chi connectivity index (χ0n) is 16.8. The zero-order valence-corrected chi connectivity index (χ0v) is 16.8. The summed E-state index contributed by atoms with van der Waals surface area (Å²) in [6, 6.07) is 17.1. The topological polar surface area (TPSA) is 43.9 Å². The smallest absolute Gasteiger partial charge is 0.254 e. The number of hydrogen-bond donors (Lipinski definition) is 0. The van der Waals surface area contributed by atoms with Crippen molar-refractivity contribution in [3.05, 3.63) is 71.3 Å². The first kappa shape index (κ1) is 20.1. The average molecular weight is 380 g/mol. The summed E-state index contributed by atoms with van der Waals surface area (Å²) in [5, 5.41) is 0. The minimum Gasteiger partial charge on any atom is -0.336 e. The Labute approximate surface area is 167 Å². The number of piperazine rings is 1. The Morgan fingerprint density at radius 1 is 0.893 bits per heavy atom. The van der Waals surface area contributed by atoms with Crippen molar-refractivity contribution in [2.75, 3.05) is 39.3 Å². The van der Waals surface area contributed by atoms with Crippen molar-refractivity contribution >= 4 is 11.8 Å². The van der Waals surface area contributed by atoms with Crippen molar-refractivity contribution < 1.29 is 9.59 Å². The highest BCUT2D eigenvalue weighted by molar-refractivity contribution is 5.99. The van der Waals surface area contributed by atoms with Crippen molar-refractivity contribution in [1.82, 2.24) is 14.7 Å². The minimum absolute atomic E-state index is 0.0107. The number of benzene rings is 2. The molecule has 1 aliphatic heterocycles. The lowest BCUT2D eigenvalue weighted by Gasteiger charge is -2.34. The van der Waals surface area contributed by atoms with E-state index in [1.165, 1.54) is 0 Å². The molecule has 1 saturated heterocycles. The molecule has 3 rings (SSSR count). The SMILES string of the molecule is CCN1CCN(C(=O)c2cccc(C(=O)N(CC)Cc3ccccc3)c2)CC1. The highest BCUT2D eigenvalue weighted by Crippen LogP contribution is 2.14. The molecule has 0 bridgehead atoms. The van der Waals surface area contributed by atoms with Crippen LogP contribution < -0.4 is 0 Å². The quantitative estimate of drug-likeness (QED) is 0.775. The second kappa shape index (κ2) is 9.51. The molecular formula is C23H29N3O2. The van der Waals surface area contributed by atoms with E-state index in [1.807, 2.05) is 42.2 Å². The number of carbonyl (C=O) groups excluding carboxylic acids is 2. The number of amides is 2. The fourth-order valence-electron chi connectivity index (χ4n) is 3.55. The van der Waals surface area contributed by atoms with Gasteiger partial charge in [0.05, 0.1) is 0 Å². The van der Waals surface area contributed by atoms with Gasteiger partial charge in [-0.05, 0) is 37.2 Å². The Hall–Kier alpha value is -2.66. The molecule has 0 radical (unpaired) electrons. The second-order valence-electron chi connectivity index (χ2n) is 7.11. The fourth-order valence-corrected chi connectivity index (χ4v) is 3.55. The zero-order chi connectivity index (χ0) is 19.9. The fraction of sp³-hybridized carbons (Fsp3) is 0.391. The van der Waals surface area contributed by atoms with Crippen molar-refractivity contribution in [2.45, 2.75) is 20.4 Å². The van der Waals surface area contributed by atoms with Crippen LogP contribution in [0.4, 0.5) is 0 Å². The highest BCUT2D eigenvalue weighted by Gasteiger charge is 2.22. The molecule has 0 aromatic heterocycles. The summed E-state index contributed by atoms with van der Waals surface area (Å²) in [5.74, 6) is -0.0340. The normalized spacial score (nSPS) is 14.7. The summed E-state index contributed by atoms with van der Waals surface area (Å²) in [6.45, 7) is 9.59. The summed E-state index contributed by atoms with van der Waals surface area (Å²) in [7, 11) is 0. The predicted molar refractivity (Wildman–Crippen MR) is 111 cm³/mol. The van der Waals surface area contributed by atoms with Crippen molar-refractivity contribution in [2.24, 2.45) is 0 Å². The molecule has 0 unspecified atom stereocenters. The lowest BCUT2D eigenvalue weighted by atomic mass is 10.1. The maximum atomic E-state index is 13.0. The first-order valence-electron chi connectivity index (χ1n) is 10.1. The number of rotatable bonds is 6. The summed E-state index contributed by atoms with van der Waals surface area (Å²) in [5.41, 5.74) is 2.25. The van der Waals surface area contributed by atoms with E-state index < -0.39 is 0 Å². The maximum absolute atomic E-state index is 13.0. The second-order valence-corrected chi connectivity index (χ2v) is 7.11. The molecule has 5 nitrogen and oxygen atoms in total. The van der Waals surface area contributed by atoms with Gasteiger partial charge in [0.25, 0.3) is 11.8 Å². The van der Waals surface area contributed by atoms with Gasteiger partial charge < -0.3 is 14.7 Å². The maximum Gasteiger partial charge on any atom is 0.254 e. The molecular weight excluding hydrogens is 350 g/mol. The molecule has 5 heteroatoms. The Kier molecular flexibility index (Phi) is 6.82. The first-order valence-corrected chi connectivity index (χ1v) is 10.1. The average Bonchev–Trinajstić information content (AvgIpc) is 2.77. The first-order chi connectivity index (χ1) is 13.6. The molecule has 0 N–H and O–H groups in total. The molecule has 0 saturated carbocycles. The van der Waals surface area contributed by atoms with Crippen LogP contribution in [0.5, 0.6) is 0 Å². The Morgan fingerprint density at radius 3 is 2.21 bits per heavy atom. The molecule has 0 atom stereocenters. The third-order valence-corrected chi connectivity index (χ3v) is 5.35. The van der Waals surface area contributed by atoms with E-state index in [1.54, 1.807) is 29.2 Å². The Morgan fingerprint density at radius 2 is 1.57 bits per heavy atom. The molecule has 2 aromatic rings. The van der Waals surface area contributed by atoms with Crippen LogP contribution in [-0.4, -0.2) is 65.8 Å². The Bertz CT molecular complexity index is 799. The van der Waals surface area contributed by atoms with Gasteiger partial charge in [-0.2, -0.15) is 0 Å². The molecule has 0 aliphatic carbocycles. The van der Waals surface area contributed by atoms with Crippen LogP contribution in [0, 0.1) is 0 Å². The van der Waals surface area contributed by atoms with Crippen LogP contribution in [0.15, 0.2) is 54.6 Å². The monoisotopic (exact) mass is 379 g/mol. The highest BCUT2D eigenvalue weighted by atomic mass is 16.2. The third-order valence-electron chi connectivity index (χ3n) is 5.35. The van der Waals surface area contributed by atoms with Gasteiger partial charge in [-0.1, -0.05) is 43.3 Å². The van der Waals surface area contributed by atoms with Crippen LogP contribution >= 0.6 is 0 Å². The lowest BCUT2D eigenvalue weighted by Crippen LogP contribution is -2.48. The molecule has 2 amide bonds. The van der Waals surface area contributed by atoms with Gasteiger partial charge in [0.1, 0.15) is 0 Å². The van der Waals surface area contributed by atoms with E-state index in [0.717, 1.165) is 38.3 Å². The van der Waals surface area contributed by atoms with Crippen LogP contribution in [0.25, 0.3) is 0 Å². The number of likely N-dealkylation sites (N-methyl/N-ethyl adjacent to an activating group) is 1. The van der Waals surface area contributed by atoms with E-state index in [9.17, 15) is 9.59 Å². The summed E-state index contributed by atoms with van der Waals surface area (Å²) < 4.78 is 0. The summed E-state index contributed by atoms with van der Waals surface area (Å²) in [6.07, 6.45) is 0. The van der Waals surface area contributed by atoms with E-state index in [2.05, 4.69) is 11.8 Å². The summed E-state index contributed by atoms with van der Waals surface area (Å²) in [4.78, 5) is 31.9. The van der Waals surface area contributed by atoms with Gasteiger partial charge in [-0.25, -0.2) is 0 Å².